The average Bonchev–Trinajstić information content (AvgIpc) is 3.19. The highest BCUT2D eigenvalue weighted by atomic mass is 19.4. The molecule has 0 amide bonds. The molecule has 3 aliphatic heterocycles. The Morgan fingerprint density at radius 1 is 1.18 bits per heavy atom. The lowest BCUT2D eigenvalue weighted by molar-refractivity contribution is -0.538. The number of aliphatic carboxylic acids is 1. The predicted octanol–water partition coefficient (Wildman–Crippen LogP) is 1.77. The highest BCUT2D eigenvalue weighted by Crippen LogP contribution is 2.61. The van der Waals surface area contributed by atoms with Crippen molar-refractivity contribution in [2.24, 2.45) is 23.2 Å². The van der Waals surface area contributed by atoms with Gasteiger partial charge in [0.15, 0.2) is 11.5 Å². The van der Waals surface area contributed by atoms with Gasteiger partial charge in [-0.3, -0.25) is 4.79 Å². The molecule has 34 heavy (non-hydrogen) atoms. The number of aliphatic hydroxyl groups is 1. The quantitative estimate of drug-likeness (QED) is 0.419. The van der Waals surface area contributed by atoms with Crippen LogP contribution in [0.1, 0.15) is 39.5 Å². The van der Waals surface area contributed by atoms with Gasteiger partial charge in [-0.2, -0.15) is 13.2 Å². The number of allylic oxidation sites excluding steroid dienone is 3. The Balaban J connectivity index is 0.000000304. The number of fused-ring (bicyclic) bond motifs is 3. The molecule has 0 unspecified atom stereocenters. The fourth-order valence-electron chi connectivity index (χ4n) is 6.79. The van der Waals surface area contributed by atoms with E-state index in [0.29, 0.717) is 42.3 Å². The molecule has 7 nitrogen and oxygen atoms in total. The van der Waals surface area contributed by atoms with Gasteiger partial charge < -0.3 is 19.7 Å². The van der Waals surface area contributed by atoms with E-state index in [1.165, 1.54) is 5.71 Å². The van der Waals surface area contributed by atoms with Crippen LogP contribution in [-0.4, -0.2) is 59.0 Å². The lowest BCUT2D eigenvalue weighted by atomic mass is 9.66. The van der Waals surface area contributed by atoms with Gasteiger partial charge in [0.25, 0.3) is 0 Å². The van der Waals surface area contributed by atoms with Gasteiger partial charge in [-0.05, 0) is 24.5 Å². The number of Topliss-reactive ketones (excluding diaryl/α,β-unsaturated/α-hetero) is 1. The number of rotatable bonds is 0. The molecule has 0 aromatic heterocycles. The Labute approximate surface area is 193 Å². The Bertz CT molecular complexity index is 1170. The van der Waals surface area contributed by atoms with Crippen molar-refractivity contribution in [1.29, 1.82) is 0 Å². The number of aliphatic hydroxyl groups excluding tert-OH is 1. The van der Waals surface area contributed by atoms with Crippen LogP contribution in [0, 0.1) is 23.2 Å². The van der Waals surface area contributed by atoms with E-state index in [0.717, 1.165) is 42.7 Å². The normalized spacial score (nSPS) is 33.9. The number of hydrogen-bond donors (Lipinski definition) is 1. The molecule has 6 rings (SSSR count). The van der Waals surface area contributed by atoms with Crippen LogP contribution in [0.3, 0.4) is 0 Å². The highest BCUT2D eigenvalue weighted by molar-refractivity contribution is 6.18. The van der Waals surface area contributed by atoms with Gasteiger partial charge in [0.1, 0.15) is 24.8 Å². The third kappa shape index (κ3) is 2.96. The van der Waals surface area contributed by atoms with Crippen molar-refractivity contribution in [1.82, 2.24) is 0 Å². The summed E-state index contributed by atoms with van der Waals surface area (Å²) in [5.41, 5.74) is 4.75. The van der Waals surface area contributed by atoms with Gasteiger partial charge in [-0.1, -0.05) is 6.92 Å². The zero-order valence-corrected chi connectivity index (χ0v) is 18.8. The van der Waals surface area contributed by atoms with Crippen molar-refractivity contribution in [3.63, 3.8) is 0 Å². The summed E-state index contributed by atoms with van der Waals surface area (Å²) in [4.78, 5) is 35.3. The number of carbonyl (C=O) groups is 3. The second kappa shape index (κ2) is 7.29. The number of esters is 1. The number of hydrogen-bond acceptors (Lipinski definition) is 6. The van der Waals surface area contributed by atoms with Crippen LogP contribution >= 0.6 is 0 Å². The van der Waals surface area contributed by atoms with Crippen LogP contribution in [-0.2, 0) is 19.1 Å². The minimum absolute atomic E-state index is 0.0776. The topological polar surface area (TPSA) is 107 Å². The number of cyclic esters (lactones) is 1. The summed E-state index contributed by atoms with van der Waals surface area (Å²) in [7, 11) is 0. The van der Waals surface area contributed by atoms with E-state index in [1.807, 2.05) is 0 Å². The lowest BCUT2D eigenvalue weighted by Gasteiger charge is -2.31. The largest absolute Gasteiger partial charge is 0.542 e. The molecule has 4 atom stereocenters. The smallest absolute Gasteiger partial charge is 0.430 e. The summed E-state index contributed by atoms with van der Waals surface area (Å²) in [6.45, 7) is 6.65. The number of alkyl halides is 3. The zero-order valence-electron chi connectivity index (χ0n) is 18.8. The molecule has 0 saturated heterocycles. The van der Waals surface area contributed by atoms with E-state index >= 15 is 0 Å². The van der Waals surface area contributed by atoms with Crippen LogP contribution in [0.25, 0.3) is 0 Å². The van der Waals surface area contributed by atoms with Crippen molar-refractivity contribution in [3.05, 3.63) is 33.6 Å². The molecule has 1 N–H and O–H groups in total. The minimum Gasteiger partial charge on any atom is -0.542 e. The van der Waals surface area contributed by atoms with Gasteiger partial charge in [-0.15, -0.1) is 0 Å². The Hall–Kier alpha value is -2.91. The molecule has 6 aliphatic rings. The van der Waals surface area contributed by atoms with E-state index in [9.17, 15) is 27.9 Å². The van der Waals surface area contributed by atoms with Gasteiger partial charge in [0, 0.05) is 48.2 Å². The maximum Gasteiger partial charge on any atom is 0.430 e. The maximum absolute atomic E-state index is 13.7. The van der Waals surface area contributed by atoms with Crippen molar-refractivity contribution in [2.45, 2.75) is 45.7 Å². The first-order valence-corrected chi connectivity index (χ1v) is 11.4. The van der Waals surface area contributed by atoms with E-state index in [1.54, 1.807) is 0 Å². The number of halogens is 3. The number of carboxylic acids is 1. The molecule has 0 aromatic carbocycles. The van der Waals surface area contributed by atoms with Crippen molar-refractivity contribution >= 4 is 23.4 Å². The van der Waals surface area contributed by atoms with Crippen LogP contribution in [0.5, 0.6) is 0 Å². The van der Waals surface area contributed by atoms with Gasteiger partial charge in [-0.25, -0.2) is 9.37 Å². The summed E-state index contributed by atoms with van der Waals surface area (Å²) in [5, 5.41) is 19.8. The zero-order chi connectivity index (χ0) is 24.7. The molecule has 2 bridgehead atoms. The first kappa shape index (κ1) is 22.9. The lowest BCUT2D eigenvalue weighted by Crippen LogP contribution is -2.40. The molecule has 0 fully saturated rings. The Kier molecular flexibility index (Phi) is 4.90. The Morgan fingerprint density at radius 3 is 2.50 bits per heavy atom. The number of ether oxygens (including phenoxy) is 1. The minimum atomic E-state index is -5.19. The number of carboxylic acid groups (broad SMARTS) is 1. The summed E-state index contributed by atoms with van der Waals surface area (Å²) < 4.78 is 39.4. The Morgan fingerprint density at radius 2 is 1.85 bits per heavy atom. The number of nitrogens with zero attached hydrogens (tertiary/aromatic N) is 1. The molecular formula is C24H24F3NO6. The molecule has 3 heterocycles. The second-order valence-electron chi connectivity index (χ2n) is 10.0. The van der Waals surface area contributed by atoms with Crippen molar-refractivity contribution in [3.8, 4) is 0 Å². The molecule has 182 valence electrons. The monoisotopic (exact) mass is 479 g/mol. The molecule has 0 radical (unpaired) electrons. The molecule has 0 spiro atoms. The highest BCUT2D eigenvalue weighted by Gasteiger charge is 2.64. The predicted molar refractivity (Wildman–Crippen MR) is 108 cm³/mol. The van der Waals surface area contributed by atoms with E-state index in [-0.39, 0.29) is 29.0 Å². The maximum atomic E-state index is 13.7. The van der Waals surface area contributed by atoms with E-state index in [4.69, 9.17) is 14.6 Å². The SMILES string of the molecule is C[C@@H]1C[N+]2=C3C[C@H]1C(=O)C1=C4C(=C(O)CC[C@H](C2)[C@@]43C)C2=C1C(=O)OCC2.O=C([O-])C(F)(F)F. The average molecular weight is 479 g/mol. The summed E-state index contributed by atoms with van der Waals surface area (Å²) in [6, 6.07) is 0. The molecule has 10 heteroatoms. The molecular weight excluding hydrogens is 455 g/mol. The van der Waals surface area contributed by atoms with Crippen molar-refractivity contribution < 1.29 is 47.1 Å². The summed E-state index contributed by atoms with van der Waals surface area (Å²) in [6.07, 6.45) is -2.29. The first-order valence-electron chi connectivity index (χ1n) is 11.4. The summed E-state index contributed by atoms with van der Waals surface area (Å²) >= 11 is 0. The molecule has 3 aliphatic carbocycles. The fourth-order valence-corrected chi connectivity index (χ4v) is 6.79. The summed E-state index contributed by atoms with van der Waals surface area (Å²) in [5.74, 6) is -2.38. The third-order valence-electron chi connectivity index (χ3n) is 8.34. The second-order valence-corrected chi connectivity index (χ2v) is 10.0. The van der Waals surface area contributed by atoms with Gasteiger partial charge in [0.2, 0.25) is 0 Å². The van der Waals surface area contributed by atoms with Gasteiger partial charge in [0.05, 0.1) is 17.6 Å². The first-order chi connectivity index (χ1) is 15.9. The van der Waals surface area contributed by atoms with Crippen LogP contribution in [0.4, 0.5) is 13.2 Å². The van der Waals surface area contributed by atoms with Crippen LogP contribution in [0.15, 0.2) is 33.6 Å². The molecule has 0 aromatic rings. The number of ketones is 1. The fraction of sp³-hybridized carbons (Fsp3) is 0.583. The van der Waals surface area contributed by atoms with E-state index in [2.05, 4.69) is 18.4 Å². The van der Waals surface area contributed by atoms with Crippen LogP contribution < -0.4 is 5.11 Å². The standard InChI is InChI=1S/C22H23NO4.C2HF3O2/c1-10-8-23-9-11-3-4-14(24)16-12-5-6-27-21(26)17(12)18-19(16)22(11,2)15(23)7-13(10)20(18)25;3-2(4,5)1(6)7/h10-11,13H,3-9H2,1-2H3;(H,6,7)/t10-,11-,13-,22-;/m1./s1. The third-order valence-corrected chi connectivity index (χ3v) is 8.34. The van der Waals surface area contributed by atoms with Crippen LogP contribution in [0.2, 0.25) is 0 Å². The van der Waals surface area contributed by atoms with Gasteiger partial charge >= 0.3 is 12.1 Å². The number of carbonyl (C=O) groups excluding carboxylic acids is 3. The van der Waals surface area contributed by atoms with Crippen molar-refractivity contribution in [2.75, 3.05) is 19.7 Å². The van der Waals surface area contributed by atoms with E-state index < -0.39 is 12.1 Å². The molecule has 0 saturated carbocycles.